The van der Waals surface area contributed by atoms with E-state index in [1.807, 2.05) is 13.8 Å². The summed E-state index contributed by atoms with van der Waals surface area (Å²) in [6, 6.07) is 2.23. The van der Waals surface area contributed by atoms with Crippen LogP contribution >= 0.6 is 0 Å². The van der Waals surface area contributed by atoms with Gasteiger partial charge >= 0.3 is 0 Å². The Balaban J connectivity index is 2.76. The van der Waals surface area contributed by atoms with Crippen LogP contribution in [0, 0.1) is 16.7 Å². The van der Waals surface area contributed by atoms with E-state index < -0.39 is 0 Å². The average Bonchev–Trinajstić information content (AvgIpc) is 2.84. The molecule has 0 fully saturated rings. The second kappa shape index (κ2) is 7.25. The van der Waals surface area contributed by atoms with Gasteiger partial charge in [0.1, 0.15) is 6.10 Å². The molecule has 19 heavy (non-hydrogen) atoms. The number of aromatic nitrogens is 2. The third kappa shape index (κ3) is 4.32. The van der Waals surface area contributed by atoms with Crippen LogP contribution in [0.2, 0.25) is 0 Å². The Hall–Kier alpha value is -1.41. The van der Waals surface area contributed by atoms with Crippen LogP contribution in [-0.4, -0.2) is 16.7 Å². The van der Waals surface area contributed by atoms with Gasteiger partial charge in [0, 0.05) is 19.4 Å². The maximum Gasteiger partial charge on any atom is 0.227 e. The minimum atomic E-state index is -0.105. The second-order valence-corrected chi connectivity index (χ2v) is 5.07. The average molecular weight is 265 g/mol. The van der Waals surface area contributed by atoms with Crippen LogP contribution in [0.3, 0.4) is 0 Å². The standard InChI is InChI=1S/C14H23N3O2/c1-5-11(18-7-3)13-16-12(19-17-13)10-14(4,6-2)8-9-15/h11H,5-8,10H2,1-4H3. The first-order chi connectivity index (χ1) is 9.08. The Morgan fingerprint density at radius 2 is 2.16 bits per heavy atom. The van der Waals surface area contributed by atoms with Crippen molar-refractivity contribution in [1.29, 1.82) is 5.26 Å². The van der Waals surface area contributed by atoms with Crippen molar-refractivity contribution in [3.63, 3.8) is 0 Å². The van der Waals surface area contributed by atoms with E-state index in [0.717, 1.165) is 12.8 Å². The summed E-state index contributed by atoms with van der Waals surface area (Å²) in [6.07, 6.45) is 2.74. The summed E-state index contributed by atoms with van der Waals surface area (Å²) in [5.41, 5.74) is -0.105. The Bertz CT molecular complexity index is 425. The first kappa shape index (κ1) is 15.6. The molecule has 1 heterocycles. The number of hydrogen-bond donors (Lipinski definition) is 0. The third-order valence-corrected chi connectivity index (χ3v) is 3.45. The smallest absolute Gasteiger partial charge is 0.227 e. The maximum atomic E-state index is 8.88. The van der Waals surface area contributed by atoms with Crippen molar-refractivity contribution >= 4 is 0 Å². The van der Waals surface area contributed by atoms with Crippen LogP contribution in [0.5, 0.6) is 0 Å². The lowest BCUT2D eigenvalue weighted by Crippen LogP contribution is -2.18. The van der Waals surface area contributed by atoms with Crippen molar-refractivity contribution in [2.75, 3.05) is 6.61 Å². The zero-order valence-electron chi connectivity index (χ0n) is 12.3. The SMILES string of the molecule is CCOC(CC)c1noc(CC(C)(CC)CC#N)n1. The summed E-state index contributed by atoms with van der Waals surface area (Å²) < 4.78 is 10.8. The first-order valence-corrected chi connectivity index (χ1v) is 6.89. The number of nitrogens with zero attached hydrogens (tertiary/aromatic N) is 3. The molecule has 1 aromatic heterocycles. The molecule has 0 aliphatic carbocycles. The maximum absolute atomic E-state index is 8.88. The zero-order chi connectivity index (χ0) is 14.3. The molecule has 0 spiro atoms. The van der Waals surface area contributed by atoms with E-state index in [0.29, 0.717) is 31.2 Å². The van der Waals surface area contributed by atoms with Gasteiger partial charge in [0.2, 0.25) is 11.7 Å². The van der Waals surface area contributed by atoms with E-state index in [1.54, 1.807) is 0 Å². The molecule has 0 amide bonds. The van der Waals surface area contributed by atoms with E-state index in [2.05, 4.69) is 30.1 Å². The van der Waals surface area contributed by atoms with E-state index >= 15 is 0 Å². The van der Waals surface area contributed by atoms with E-state index in [1.165, 1.54) is 0 Å². The lowest BCUT2D eigenvalue weighted by atomic mass is 9.81. The Morgan fingerprint density at radius 3 is 2.68 bits per heavy atom. The molecule has 0 saturated heterocycles. The Labute approximate surface area is 115 Å². The van der Waals surface area contributed by atoms with Crippen molar-refractivity contribution in [3.8, 4) is 6.07 Å². The predicted octanol–water partition coefficient (Wildman–Crippen LogP) is 3.43. The van der Waals surface area contributed by atoms with Crippen LogP contribution < -0.4 is 0 Å². The van der Waals surface area contributed by atoms with Gasteiger partial charge in [0.15, 0.2) is 0 Å². The molecule has 5 heteroatoms. The predicted molar refractivity (Wildman–Crippen MR) is 71.3 cm³/mol. The van der Waals surface area contributed by atoms with Gasteiger partial charge in [0.25, 0.3) is 0 Å². The summed E-state index contributed by atoms with van der Waals surface area (Å²) in [6.45, 7) is 8.75. The van der Waals surface area contributed by atoms with Gasteiger partial charge < -0.3 is 9.26 Å². The van der Waals surface area contributed by atoms with Crippen LogP contribution in [0.15, 0.2) is 4.52 Å². The lowest BCUT2D eigenvalue weighted by Gasteiger charge is -2.22. The van der Waals surface area contributed by atoms with E-state index in [4.69, 9.17) is 14.5 Å². The highest BCUT2D eigenvalue weighted by atomic mass is 16.5. The van der Waals surface area contributed by atoms with Gasteiger partial charge in [0.05, 0.1) is 6.07 Å². The Morgan fingerprint density at radius 1 is 1.42 bits per heavy atom. The molecule has 2 unspecified atom stereocenters. The van der Waals surface area contributed by atoms with Gasteiger partial charge in [-0.1, -0.05) is 25.9 Å². The minimum absolute atomic E-state index is 0.105. The molecule has 0 saturated carbocycles. The minimum Gasteiger partial charge on any atom is -0.370 e. The van der Waals surface area contributed by atoms with Crippen molar-refractivity contribution < 1.29 is 9.26 Å². The van der Waals surface area contributed by atoms with Crippen molar-refractivity contribution in [2.24, 2.45) is 5.41 Å². The third-order valence-electron chi connectivity index (χ3n) is 3.45. The largest absolute Gasteiger partial charge is 0.370 e. The molecule has 5 nitrogen and oxygen atoms in total. The molecule has 0 N–H and O–H groups in total. The fourth-order valence-electron chi connectivity index (χ4n) is 1.92. The number of ether oxygens (including phenoxy) is 1. The summed E-state index contributed by atoms with van der Waals surface area (Å²) in [5.74, 6) is 1.20. The van der Waals surface area contributed by atoms with E-state index in [9.17, 15) is 0 Å². The van der Waals surface area contributed by atoms with Gasteiger partial charge in [-0.2, -0.15) is 10.2 Å². The summed E-state index contributed by atoms with van der Waals surface area (Å²) in [4.78, 5) is 4.40. The topological polar surface area (TPSA) is 71.9 Å². The molecule has 0 aliphatic heterocycles. The molecule has 0 aliphatic rings. The molecule has 0 radical (unpaired) electrons. The quantitative estimate of drug-likeness (QED) is 0.720. The molecule has 1 rings (SSSR count). The van der Waals surface area contributed by atoms with Crippen molar-refractivity contribution in [2.45, 2.75) is 59.5 Å². The fourth-order valence-corrected chi connectivity index (χ4v) is 1.92. The normalized spacial score (nSPS) is 15.7. The van der Waals surface area contributed by atoms with Crippen LogP contribution in [0.1, 0.15) is 64.8 Å². The summed E-state index contributed by atoms with van der Waals surface area (Å²) in [5, 5.41) is 12.9. The molecule has 2 atom stereocenters. The van der Waals surface area contributed by atoms with E-state index in [-0.39, 0.29) is 11.5 Å². The molecule has 106 valence electrons. The van der Waals surface area contributed by atoms with Gasteiger partial charge in [-0.05, 0) is 25.2 Å². The first-order valence-electron chi connectivity index (χ1n) is 6.89. The molecular formula is C14H23N3O2. The number of rotatable bonds is 8. The fraction of sp³-hybridized carbons (Fsp3) is 0.786. The number of nitriles is 1. The Kier molecular flexibility index (Phi) is 5.97. The lowest BCUT2D eigenvalue weighted by molar-refractivity contribution is 0.0518. The van der Waals surface area contributed by atoms with Crippen LogP contribution in [0.25, 0.3) is 0 Å². The highest BCUT2D eigenvalue weighted by molar-refractivity contribution is 4.96. The second-order valence-electron chi connectivity index (χ2n) is 5.07. The van der Waals surface area contributed by atoms with Crippen LogP contribution in [-0.2, 0) is 11.2 Å². The van der Waals surface area contributed by atoms with Gasteiger partial charge in [-0.15, -0.1) is 0 Å². The van der Waals surface area contributed by atoms with Crippen LogP contribution in [0.4, 0.5) is 0 Å². The molecule has 0 aromatic carbocycles. The monoisotopic (exact) mass is 265 g/mol. The summed E-state index contributed by atoms with van der Waals surface area (Å²) >= 11 is 0. The molecule has 0 bridgehead atoms. The van der Waals surface area contributed by atoms with Crippen molar-refractivity contribution in [3.05, 3.63) is 11.7 Å². The number of hydrogen-bond acceptors (Lipinski definition) is 5. The summed E-state index contributed by atoms with van der Waals surface area (Å²) in [7, 11) is 0. The zero-order valence-corrected chi connectivity index (χ0v) is 12.3. The highest BCUT2D eigenvalue weighted by Gasteiger charge is 2.26. The van der Waals surface area contributed by atoms with Gasteiger partial charge in [-0.3, -0.25) is 0 Å². The van der Waals surface area contributed by atoms with Crippen molar-refractivity contribution in [1.82, 2.24) is 10.1 Å². The van der Waals surface area contributed by atoms with Gasteiger partial charge in [-0.25, -0.2) is 0 Å². The molecule has 1 aromatic rings. The highest BCUT2D eigenvalue weighted by Crippen LogP contribution is 2.30. The molecular weight excluding hydrogens is 242 g/mol.